The van der Waals surface area contributed by atoms with Crippen LogP contribution in [0.1, 0.15) is 19.5 Å². The van der Waals surface area contributed by atoms with Crippen LogP contribution in [0, 0.1) is 0 Å². The Labute approximate surface area is 107 Å². The molecule has 1 fully saturated rings. The molecule has 0 saturated carbocycles. The van der Waals surface area contributed by atoms with Crippen molar-refractivity contribution in [3.8, 4) is 0 Å². The lowest BCUT2D eigenvalue weighted by Gasteiger charge is -2.37. The van der Waals surface area contributed by atoms with Crippen LogP contribution in [0.2, 0.25) is 0 Å². The summed E-state index contributed by atoms with van der Waals surface area (Å²) in [5.74, 6) is 6.62. The molecule has 3 N–H and O–H groups in total. The van der Waals surface area contributed by atoms with Gasteiger partial charge in [0.1, 0.15) is 0 Å². The molecule has 2 atom stereocenters. The molecule has 0 bridgehead atoms. The van der Waals surface area contributed by atoms with Gasteiger partial charge < -0.3 is 5.43 Å². The van der Waals surface area contributed by atoms with Crippen molar-refractivity contribution >= 4 is 17.4 Å². The molecule has 1 aromatic heterocycles. The van der Waals surface area contributed by atoms with Gasteiger partial charge in [-0.1, -0.05) is 6.92 Å². The van der Waals surface area contributed by atoms with Crippen molar-refractivity contribution in [2.75, 3.05) is 17.7 Å². The third-order valence-electron chi connectivity index (χ3n) is 3.36. The van der Waals surface area contributed by atoms with Gasteiger partial charge in [0, 0.05) is 36.3 Å². The van der Waals surface area contributed by atoms with Gasteiger partial charge in [0.15, 0.2) is 0 Å². The van der Waals surface area contributed by atoms with Crippen LogP contribution >= 0.6 is 11.8 Å². The molecule has 2 rings (SSSR count). The van der Waals surface area contributed by atoms with Gasteiger partial charge in [-0.2, -0.15) is 11.8 Å². The van der Waals surface area contributed by atoms with Gasteiger partial charge >= 0.3 is 0 Å². The van der Waals surface area contributed by atoms with E-state index in [2.05, 4.69) is 40.9 Å². The van der Waals surface area contributed by atoms with Crippen LogP contribution in [0.4, 0.5) is 5.69 Å². The third kappa shape index (κ3) is 3.12. The van der Waals surface area contributed by atoms with E-state index < -0.39 is 0 Å². The van der Waals surface area contributed by atoms with Gasteiger partial charge in [0.2, 0.25) is 0 Å². The minimum atomic E-state index is 0.602. The van der Waals surface area contributed by atoms with Crippen molar-refractivity contribution in [3.05, 3.63) is 24.0 Å². The summed E-state index contributed by atoms with van der Waals surface area (Å²) in [6.07, 6.45) is 1.80. The highest BCUT2D eigenvalue weighted by molar-refractivity contribution is 8.00. The Morgan fingerprint density at radius 2 is 2.41 bits per heavy atom. The number of nitrogens with zero attached hydrogens (tertiary/aromatic N) is 2. The second-order valence-electron chi connectivity index (χ2n) is 4.47. The molecule has 4 nitrogen and oxygen atoms in total. The molecule has 1 aliphatic heterocycles. The number of hydrogen-bond donors (Lipinski definition) is 2. The van der Waals surface area contributed by atoms with E-state index in [4.69, 9.17) is 5.84 Å². The largest absolute Gasteiger partial charge is 0.324 e. The lowest BCUT2D eigenvalue weighted by molar-refractivity contribution is 0.202. The Morgan fingerprint density at radius 1 is 1.59 bits per heavy atom. The molecule has 94 valence electrons. The van der Waals surface area contributed by atoms with Crippen molar-refractivity contribution in [1.29, 1.82) is 0 Å². The quantitative estimate of drug-likeness (QED) is 0.633. The van der Waals surface area contributed by atoms with E-state index in [-0.39, 0.29) is 0 Å². The molecule has 2 unspecified atom stereocenters. The van der Waals surface area contributed by atoms with Gasteiger partial charge in [-0.05, 0) is 19.1 Å². The Hall–Kier alpha value is -0.780. The van der Waals surface area contributed by atoms with Crippen molar-refractivity contribution in [1.82, 2.24) is 9.88 Å². The molecule has 0 aromatic carbocycles. The van der Waals surface area contributed by atoms with Crippen molar-refractivity contribution in [2.24, 2.45) is 5.84 Å². The first-order valence-corrected chi connectivity index (χ1v) is 7.03. The Morgan fingerprint density at radius 3 is 3.18 bits per heavy atom. The van der Waals surface area contributed by atoms with E-state index in [0.29, 0.717) is 11.3 Å². The molecule has 0 aliphatic carbocycles. The van der Waals surface area contributed by atoms with Crippen LogP contribution < -0.4 is 11.3 Å². The lowest BCUT2D eigenvalue weighted by Crippen LogP contribution is -2.44. The maximum absolute atomic E-state index is 5.41. The van der Waals surface area contributed by atoms with Gasteiger partial charge in [-0.15, -0.1) is 0 Å². The van der Waals surface area contributed by atoms with Gasteiger partial charge in [-0.3, -0.25) is 15.7 Å². The minimum absolute atomic E-state index is 0.602. The van der Waals surface area contributed by atoms with E-state index in [0.717, 1.165) is 24.5 Å². The van der Waals surface area contributed by atoms with Gasteiger partial charge in [-0.25, -0.2) is 0 Å². The fourth-order valence-corrected chi connectivity index (χ4v) is 3.24. The number of nitrogens with two attached hydrogens (primary N) is 1. The van der Waals surface area contributed by atoms with Crippen LogP contribution in [0.3, 0.4) is 0 Å². The molecule has 2 heterocycles. The summed E-state index contributed by atoms with van der Waals surface area (Å²) in [5.41, 5.74) is 4.66. The molecule has 1 saturated heterocycles. The monoisotopic (exact) mass is 252 g/mol. The molecule has 0 amide bonds. The second kappa shape index (κ2) is 5.71. The van der Waals surface area contributed by atoms with E-state index in [9.17, 15) is 0 Å². The van der Waals surface area contributed by atoms with Crippen LogP contribution in [0.25, 0.3) is 0 Å². The molecule has 17 heavy (non-hydrogen) atoms. The smallest absolute Gasteiger partial charge is 0.0565 e. The summed E-state index contributed by atoms with van der Waals surface area (Å²) in [5, 5.41) is 0.694. The highest BCUT2D eigenvalue weighted by Gasteiger charge is 2.25. The zero-order valence-electron chi connectivity index (χ0n) is 10.4. The molecule has 1 aliphatic rings. The topological polar surface area (TPSA) is 54.2 Å². The highest BCUT2D eigenvalue weighted by atomic mass is 32.2. The average Bonchev–Trinajstić information content (AvgIpc) is 2.35. The summed E-state index contributed by atoms with van der Waals surface area (Å²) in [6.45, 7) is 6.63. The third-order valence-corrected chi connectivity index (χ3v) is 4.70. The lowest BCUT2D eigenvalue weighted by atomic mass is 10.2. The number of thioether (sulfide) groups is 1. The predicted octanol–water partition coefficient (Wildman–Crippen LogP) is 1.69. The standard InChI is InChI=1S/C12H20N4S/c1-9-10(2)17-6-5-16(9)8-12-7-11(15-13)3-4-14-12/h3-4,7,9-10H,5-6,8,13H2,1-2H3,(H,14,15). The van der Waals surface area contributed by atoms with E-state index in [1.165, 1.54) is 5.75 Å². The second-order valence-corrected chi connectivity index (χ2v) is 5.95. The Balaban J connectivity index is 2.04. The van der Waals surface area contributed by atoms with Crippen molar-refractivity contribution < 1.29 is 0 Å². The number of rotatable bonds is 3. The summed E-state index contributed by atoms with van der Waals surface area (Å²) in [7, 11) is 0. The number of nitrogen functional groups attached to an aromatic ring is 1. The van der Waals surface area contributed by atoms with E-state index in [1.807, 2.05) is 12.1 Å². The molecular formula is C12H20N4S. The highest BCUT2D eigenvalue weighted by Crippen LogP contribution is 2.25. The fraction of sp³-hybridized carbons (Fsp3) is 0.583. The maximum atomic E-state index is 5.41. The minimum Gasteiger partial charge on any atom is -0.324 e. The summed E-state index contributed by atoms with van der Waals surface area (Å²) < 4.78 is 0. The average molecular weight is 252 g/mol. The first kappa shape index (κ1) is 12.7. The predicted molar refractivity (Wildman–Crippen MR) is 73.8 cm³/mol. The molecule has 0 radical (unpaired) electrons. The van der Waals surface area contributed by atoms with Crippen molar-refractivity contribution in [2.45, 2.75) is 31.7 Å². The fourth-order valence-electron chi connectivity index (χ4n) is 2.08. The number of pyridine rings is 1. The molecule has 5 heteroatoms. The van der Waals surface area contributed by atoms with E-state index in [1.54, 1.807) is 6.20 Å². The number of hydrogen-bond acceptors (Lipinski definition) is 5. The molecule has 1 aromatic rings. The zero-order valence-corrected chi connectivity index (χ0v) is 11.2. The van der Waals surface area contributed by atoms with Gasteiger partial charge in [0.25, 0.3) is 0 Å². The molecule has 0 spiro atoms. The SMILES string of the molecule is CC1SCCN(Cc2cc(NN)ccn2)C1C. The summed E-state index contributed by atoms with van der Waals surface area (Å²) in [6, 6.07) is 4.49. The molecular weight excluding hydrogens is 232 g/mol. The van der Waals surface area contributed by atoms with Crippen LogP contribution in [-0.4, -0.2) is 33.5 Å². The van der Waals surface area contributed by atoms with Crippen LogP contribution in [0.5, 0.6) is 0 Å². The zero-order chi connectivity index (χ0) is 12.3. The van der Waals surface area contributed by atoms with Crippen LogP contribution in [0.15, 0.2) is 18.3 Å². The summed E-state index contributed by atoms with van der Waals surface area (Å²) in [4.78, 5) is 6.89. The van der Waals surface area contributed by atoms with E-state index >= 15 is 0 Å². The van der Waals surface area contributed by atoms with Gasteiger partial charge in [0.05, 0.1) is 11.4 Å². The number of hydrazine groups is 1. The Kier molecular flexibility index (Phi) is 4.25. The Bertz CT molecular complexity index is 371. The summed E-state index contributed by atoms with van der Waals surface area (Å²) >= 11 is 2.05. The maximum Gasteiger partial charge on any atom is 0.0565 e. The van der Waals surface area contributed by atoms with Crippen molar-refractivity contribution in [3.63, 3.8) is 0 Å². The van der Waals surface area contributed by atoms with Crippen LogP contribution in [-0.2, 0) is 6.54 Å². The number of anilines is 1. The number of aromatic nitrogens is 1. The number of nitrogens with one attached hydrogen (secondary N) is 1. The normalized spacial score (nSPS) is 25.8. The first-order valence-electron chi connectivity index (χ1n) is 5.98. The first-order chi connectivity index (χ1) is 8.20.